The zero-order valence-corrected chi connectivity index (χ0v) is 11.2. The molecule has 94 valence electrons. The summed E-state index contributed by atoms with van der Waals surface area (Å²) in [4.78, 5) is 8.00. The second-order valence-electron chi connectivity index (χ2n) is 4.91. The van der Waals surface area contributed by atoms with Gasteiger partial charge < -0.3 is 10.1 Å². The summed E-state index contributed by atoms with van der Waals surface area (Å²) < 4.78 is 5.69. The van der Waals surface area contributed by atoms with Crippen LogP contribution in [0.15, 0.2) is 12.3 Å². The largest absolute Gasteiger partial charge is 0.378 e. The number of rotatable bonds is 4. The predicted octanol–water partition coefficient (Wildman–Crippen LogP) is 2.75. The fourth-order valence-corrected chi connectivity index (χ4v) is 2.36. The smallest absolute Gasteiger partial charge is 0.224 e. The highest BCUT2D eigenvalue weighted by Gasteiger charge is 2.49. The molecule has 4 nitrogen and oxygen atoms in total. The standard InChI is InChI=1S/C12H18ClN3O/c1-4-17-9-7-8(12(9,2)3)15-10-5-6-14-11(13)16-10/h5-6,8-9H,4,7H2,1-3H3,(H,14,15,16). The molecule has 0 radical (unpaired) electrons. The Balaban J connectivity index is 1.98. The molecule has 1 N–H and O–H groups in total. The van der Waals surface area contributed by atoms with E-state index in [0.29, 0.717) is 12.1 Å². The Morgan fingerprint density at radius 3 is 2.94 bits per heavy atom. The van der Waals surface area contributed by atoms with E-state index in [1.54, 1.807) is 6.20 Å². The molecule has 1 aromatic heterocycles. The Labute approximate surface area is 107 Å². The molecule has 1 aliphatic carbocycles. The van der Waals surface area contributed by atoms with Crippen molar-refractivity contribution < 1.29 is 4.74 Å². The first-order valence-electron chi connectivity index (χ1n) is 5.90. The Morgan fingerprint density at radius 1 is 1.59 bits per heavy atom. The van der Waals surface area contributed by atoms with Gasteiger partial charge in [0.1, 0.15) is 5.82 Å². The first-order valence-corrected chi connectivity index (χ1v) is 6.28. The Morgan fingerprint density at radius 2 is 2.35 bits per heavy atom. The highest BCUT2D eigenvalue weighted by atomic mass is 35.5. The fourth-order valence-electron chi connectivity index (χ4n) is 2.21. The minimum Gasteiger partial charge on any atom is -0.378 e. The van der Waals surface area contributed by atoms with Crippen molar-refractivity contribution in [3.05, 3.63) is 17.5 Å². The lowest BCUT2D eigenvalue weighted by atomic mass is 9.64. The second kappa shape index (κ2) is 4.78. The summed E-state index contributed by atoms with van der Waals surface area (Å²) in [6, 6.07) is 2.20. The zero-order valence-electron chi connectivity index (χ0n) is 10.4. The lowest BCUT2D eigenvalue weighted by molar-refractivity contribution is -0.0976. The maximum atomic E-state index is 5.75. The zero-order chi connectivity index (χ0) is 12.5. The van der Waals surface area contributed by atoms with Crippen molar-refractivity contribution in [2.24, 2.45) is 5.41 Å². The van der Waals surface area contributed by atoms with Crippen molar-refractivity contribution in [3.63, 3.8) is 0 Å². The van der Waals surface area contributed by atoms with Crippen LogP contribution in [0.1, 0.15) is 27.2 Å². The number of halogens is 1. The maximum Gasteiger partial charge on any atom is 0.224 e. The van der Waals surface area contributed by atoms with Crippen molar-refractivity contribution in [1.82, 2.24) is 9.97 Å². The van der Waals surface area contributed by atoms with Gasteiger partial charge in [-0.3, -0.25) is 0 Å². The van der Waals surface area contributed by atoms with Crippen molar-refractivity contribution >= 4 is 17.4 Å². The molecular formula is C12H18ClN3O. The van der Waals surface area contributed by atoms with Crippen molar-refractivity contribution in [2.45, 2.75) is 39.3 Å². The summed E-state index contributed by atoms with van der Waals surface area (Å²) >= 11 is 5.75. The molecule has 1 fully saturated rings. The first-order chi connectivity index (χ1) is 8.04. The van der Waals surface area contributed by atoms with Gasteiger partial charge in [-0.2, -0.15) is 0 Å². The third kappa shape index (κ3) is 2.53. The molecule has 1 aromatic rings. The normalized spacial score (nSPS) is 26.4. The van der Waals surface area contributed by atoms with Crippen LogP contribution in [-0.4, -0.2) is 28.7 Å². The molecule has 0 spiro atoms. The van der Waals surface area contributed by atoms with Gasteiger partial charge in [0.25, 0.3) is 0 Å². The average molecular weight is 256 g/mol. The molecule has 0 bridgehead atoms. The minimum atomic E-state index is 0.118. The SMILES string of the molecule is CCOC1CC(Nc2ccnc(Cl)n2)C1(C)C. The van der Waals surface area contributed by atoms with E-state index in [2.05, 4.69) is 29.1 Å². The third-order valence-corrected chi connectivity index (χ3v) is 3.68. The molecule has 1 saturated carbocycles. The lowest BCUT2D eigenvalue weighted by Crippen LogP contribution is -2.58. The van der Waals surface area contributed by atoms with Crippen LogP contribution in [0.25, 0.3) is 0 Å². The van der Waals surface area contributed by atoms with Crippen molar-refractivity contribution in [2.75, 3.05) is 11.9 Å². The fraction of sp³-hybridized carbons (Fsp3) is 0.667. The number of anilines is 1. The van der Waals surface area contributed by atoms with Crippen molar-refractivity contribution in [1.29, 1.82) is 0 Å². The average Bonchev–Trinajstić information content (AvgIpc) is 2.28. The predicted molar refractivity (Wildman–Crippen MR) is 68.3 cm³/mol. The molecule has 2 rings (SSSR count). The molecular weight excluding hydrogens is 238 g/mol. The van der Waals surface area contributed by atoms with Crippen LogP contribution < -0.4 is 5.32 Å². The summed E-state index contributed by atoms with van der Waals surface area (Å²) in [7, 11) is 0. The molecule has 2 atom stereocenters. The highest BCUT2D eigenvalue weighted by Crippen LogP contribution is 2.44. The summed E-state index contributed by atoms with van der Waals surface area (Å²) in [5.74, 6) is 0.776. The minimum absolute atomic E-state index is 0.118. The number of hydrogen-bond acceptors (Lipinski definition) is 4. The van der Waals surface area contributed by atoms with E-state index >= 15 is 0 Å². The molecule has 1 heterocycles. The monoisotopic (exact) mass is 255 g/mol. The Bertz CT molecular complexity index is 397. The van der Waals surface area contributed by atoms with Crippen LogP contribution >= 0.6 is 11.6 Å². The summed E-state index contributed by atoms with van der Waals surface area (Å²) in [5.41, 5.74) is 0.118. The number of ether oxygens (including phenoxy) is 1. The van der Waals surface area contributed by atoms with Crippen LogP contribution in [0.5, 0.6) is 0 Å². The van der Waals surface area contributed by atoms with Crippen LogP contribution in [0.2, 0.25) is 5.28 Å². The van der Waals surface area contributed by atoms with Gasteiger partial charge in [0.05, 0.1) is 6.10 Å². The molecule has 5 heteroatoms. The summed E-state index contributed by atoms with van der Waals surface area (Å²) in [6.07, 6.45) is 2.98. The van der Waals surface area contributed by atoms with E-state index in [9.17, 15) is 0 Å². The van der Waals surface area contributed by atoms with Crippen molar-refractivity contribution in [3.8, 4) is 0 Å². The Hall–Kier alpha value is -0.870. The van der Waals surface area contributed by atoms with E-state index < -0.39 is 0 Å². The van der Waals surface area contributed by atoms with E-state index in [1.807, 2.05) is 13.0 Å². The molecule has 1 aliphatic rings. The number of hydrogen-bond donors (Lipinski definition) is 1. The molecule has 0 amide bonds. The second-order valence-corrected chi connectivity index (χ2v) is 5.25. The van der Waals surface area contributed by atoms with E-state index in [4.69, 9.17) is 16.3 Å². The van der Waals surface area contributed by atoms with Gasteiger partial charge >= 0.3 is 0 Å². The van der Waals surface area contributed by atoms with Crippen LogP contribution in [0.3, 0.4) is 0 Å². The molecule has 2 unspecified atom stereocenters. The number of nitrogens with one attached hydrogen (secondary N) is 1. The number of nitrogens with zero attached hydrogens (tertiary/aromatic N) is 2. The van der Waals surface area contributed by atoms with Crippen LogP contribution in [0, 0.1) is 5.41 Å². The lowest BCUT2D eigenvalue weighted by Gasteiger charge is -2.51. The van der Waals surface area contributed by atoms with Gasteiger partial charge in [0.2, 0.25) is 5.28 Å². The van der Waals surface area contributed by atoms with E-state index in [1.165, 1.54) is 0 Å². The Kier molecular flexibility index (Phi) is 3.54. The molecule has 0 saturated heterocycles. The van der Waals surface area contributed by atoms with Crippen LogP contribution in [-0.2, 0) is 4.74 Å². The maximum absolute atomic E-state index is 5.75. The first kappa shape index (κ1) is 12.6. The van der Waals surface area contributed by atoms with E-state index in [-0.39, 0.29) is 10.7 Å². The quantitative estimate of drug-likeness (QED) is 0.841. The summed E-state index contributed by atoms with van der Waals surface area (Å²) in [5, 5.41) is 3.65. The van der Waals surface area contributed by atoms with Gasteiger partial charge in [0, 0.05) is 24.3 Å². The topological polar surface area (TPSA) is 47.0 Å². The van der Waals surface area contributed by atoms with Gasteiger partial charge in [-0.15, -0.1) is 0 Å². The molecule has 0 aromatic carbocycles. The van der Waals surface area contributed by atoms with Crippen LogP contribution in [0.4, 0.5) is 5.82 Å². The van der Waals surface area contributed by atoms with E-state index in [0.717, 1.165) is 18.8 Å². The summed E-state index contributed by atoms with van der Waals surface area (Å²) in [6.45, 7) is 7.20. The number of aromatic nitrogens is 2. The van der Waals surface area contributed by atoms with Gasteiger partial charge in [-0.05, 0) is 31.0 Å². The molecule has 0 aliphatic heterocycles. The third-order valence-electron chi connectivity index (χ3n) is 3.49. The van der Waals surface area contributed by atoms with Gasteiger partial charge in [-0.25, -0.2) is 9.97 Å². The van der Waals surface area contributed by atoms with Gasteiger partial charge in [-0.1, -0.05) is 13.8 Å². The van der Waals surface area contributed by atoms with Gasteiger partial charge in [0.15, 0.2) is 0 Å². The highest BCUT2D eigenvalue weighted by molar-refractivity contribution is 6.28. The molecule has 17 heavy (non-hydrogen) atoms.